The molecule has 0 aliphatic heterocycles. The number of urea groups is 1. The monoisotopic (exact) mass is 632 g/mol. The molecule has 0 heterocycles. The molecule has 244 valence electrons. The van der Waals surface area contributed by atoms with Crippen LogP contribution in [0.1, 0.15) is 48.9 Å². The number of carboxylic acids is 1. The Morgan fingerprint density at radius 2 is 1.45 bits per heavy atom. The number of nitrogens with one attached hydrogen (secondary N) is 1. The van der Waals surface area contributed by atoms with E-state index in [4.69, 9.17) is 4.74 Å². The van der Waals surface area contributed by atoms with Crippen LogP contribution in [-0.4, -0.2) is 47.1 Å². The van der Waals surface area contributed by atoms with Gasteiger partial charge in [-0.3, -0.25) is 4.79 Å². The molecule has 1 unspecified atom stereocenters. The topological polar surface area (TPSA) is 95.9 Å². The Labute approximate surface area is 277 Å². The number of hydrogen-bond donors (Lipinski definition) is 2. The first-order chi connectivity index (χ1) is 22.7. The van der Waals surface area contributed by atoms with Crippen molar-refractivity contribution in [3.63, 3.8) is 0 Å². The Kier molecular flexibility index (Phi) is 11.4. The standard InChI is InChI=1S/C40H44N2O5/c1-28(2)26-42(40(46)41-37(38(43)44)24-30-17-19-33(20-18-30)31-12-7-4-8-13-31)27-35(21-16-29-10-5-3-6-11-29)39(45)47-36-23-22-32-14-9-15-34(32)25-36/h3-8,10-13,17-20,22-23,25,28,35,37H,9,14-16,21,24,26-27H2,1-2H3,(H,41,46)(H,43,44)/t35?,37-/m0/s1. The maximum Gasteiger partial charge on any atom is 0.326 e. The van der Waals surface area contributed by atoms with E-state index in [1.807, 2.05) is 117 Å². The van der Waals surface area contributed by atoms with Gasteiger partial charge in [-0.25, -0.2) is 9.59 Å². The quantitative estimate of drug-likeness (QED) is 0.112. The molecule has 0 fully saturated rings. The molecular weight excluding hydrogens is 588 g/mol. The van der Waals surface area contributed by atoms with Crippen LogP contribution in [0.2, 0.25) is 0 Å². The number of aliphatic carboxylic acids is 1. The van der Waals surface area contributed by atoms with Crippen molar-refractivity contribution in [3.8, 4) is 16.9 Å². The van der Waals surface area contributed by atoms with Crippen molar-refractivity contribution in [2.75, 3.05) is 13.1 Å². The molecule has 0 saturated carbocycles. The average molecular weight is 633 g/mol. The van der Waals surface area contributed by atoms with E-state index >= 15 is 0 Å². The summed E-state index contributed by atoms with van der Waals surface area (Å²) in [5.74, 6) is -1.51. The van der Waals surface area contributed by atoms with Crippen LogP contribution >= 0.6 is 0 Å². The number of hydrogen-bond acceptors (Lipinski definition) is 4. The SMILES string of the molecule is CC(C)CN(CC(CCc1ccccc1)C(=O)Oc1ccc2c(c1)CCC2)C(=O)N[C@@H](Cc1ccc(-c2ccccc2)cc1)C(=O)O. The zero-order chi connectivity index (χ0) is 33.2. The van der Waals surface area contributed by atoms with Crippen molar-refractivity contribution in [2.45, 2.75) is 58.4 Å². The van der Waals surface area contributed by atoms with Crippen LogP contribution in [0.3, 0.4) is 0 Å². The lowest BCUT2D eigenvalue weighted by atomic mass is 9.98. The molecule has 2 amide bonds. The van der Waals surface area contributed by atoms with Gasteiger partial charge in [0.25, 0.3) is 0 Å². The molecule has 2 atom stereocenters. The summed E-state index contributed by atoms with van der Waals surface area (Å²) in [5, 5.41) is 12.8. The van der Waals surface area contributed by atoms with Gasteiger partial charge in [0.2, 0.25) is 0 Å². The molecule has 2 N–H and O–H groups in total. The van der Waals surface area contributed by atoms with Gasteiger partial charge in [0.15, 0.2) is 0 Å². The Bertz CT molecular complexity index is 1640. The van der Waals surface area contributed by atoms with Gasteiger partial charge in [0.05, 0.1) is 5.92 Å². The van der Waals surface area contributed by atoms with E-state index in [0.29, 0.717) is 25.1 Å². The predicted octanol–water partition coefficient (Wildman–Crippen LogP) is 7.36. The maximum absolute atomic E-state index is 13.7. The second kappa shape index (κ2) is 16.1. The zero-order valence-electron chi connectivity index (χ0n) is 27.2. The van der Waals surface area contributed by atoms with Crippen LogP contribution in [0.15, 0.2) is 103 Å². The molecule has 0 bridgehead atoms. The summed E-state index contributed by atoms with van der Waals surface area (Å²) in [7, 11) is 0. The first-order valence-electron chi connectivity index (χ1n) is 16.5. The molecule has 1 aliphatic carbocycles. The number of carbonyl (C=O) groups excluding carboxylic acids is 2. The minimum absolute atomic E-state index is 0.0945. The Hall–Kier alpha value is -4.91. The predicted molar refractivity (Wildman–Crippen MR) is 184 cm³/mol. The van der Waals surface area contributed by atoms with Crippen LogP contribution in [0.4, 0.5) is 4.79 Å². The van der Waals surface area contributed by atoms with E-state index in [-0.39, 0.29) is 18.9 Å². The fourth-order valence-corrected chi connectivity index (χ4v) is 6.17. The Morgan fingerprint density at radius 1 is 0.787 bits per heavy atom. The number of aryl methyl sites for hydroxylation is 3. The number of benzene rings is 4. The van der Waals surface area contributed by atoms with Crippen LogP contribution in [-0.2, 0) is 35.3 Å². The Morgan fingerprint density at radius 3 is 2.13 bits per heavy atom. The van der Waals surface area contributed by atoms with Gasteiger partial charge < -0.3 is 20.1 Å². The molecule has 0 aromatic heterocycles. The molecule has 0 radical (unpaired) electrons. The molecule has 0 saturated heterocycles. The molecule has 4 aromatic carbocycles. The lowest BCUT2D eigenvalue weighted by molar-refractivity contribution is -0.140. The van der Waals surface area contributed by atoms with Crippen LogP contribution in [0, 0.1) is 11.8 Å². The van der Waals surface area contributed by atoms with E-state index in [0.717, 1.165) is 41.5 Å². The van der Waals surface area contributed by atoms with Crippen LogP contribution in [0.5, 0.6) is 5.75 Å². The number of nitrogens with zero attached hydrogens (tertiary/aromatic N) is 1. The summed E-state index contributed by atoms with van der Waals surface area (Å²) >= 11 is 0. The third-order valence-corrected chi connectivity index (χ3v) is 8.66. The summed E-state index contributed by atoms with van der Waals surface area (Å²) in [6.07, 6.45) is 4.36. The number of fused-ring (bicyclic) bond motifs is 1. The third-order valence-electron chi connectivity index (χ3n) is 8.66. The second-order valence-corrected chi connectivity index (χ2v) is 12.8. The number of amides is 2. The number of esters is 1. The van der Waals surface area contributed by atoms with Crippen LogP contribution in [0.25, 0.3) is 11.1 Å². The van der Waals surface area contributed by atoms with Crippen molar-refractivity contribution in [3.05, 3.63) is 125 Å². The van der Waals surface area contributed by atoms with E-state index in [2.05, 4.69) is 5.32 Å². The van der Waals surface area contributed by atoms with Crippen LogP contribution < -0.4 is 10.1 Å². The third kappa shape index (κ3) is 9.55. The molecule has 7 nitrogen and oxygen atoms in total. The minimum Gasteiger partial charge on any atom is -0.480 e. The summed E-state index contributed by atoms with van der Waals surface area (Å²) in [5.41, 5.74) is 6.50. The van der Waals surface area contributed by atoms with Gasteiger partial charge in [-0.05, 0) is 83.5 Å². The lowest BCUT2D eigenvalue weighted by Crippen LogP contribution is -2.51. The summed E-state index contributed by atoms with van der Waals surface area (Å²) < 4.78 is 5.92. The molecule has 5 rings (SSSR count). The number of ether oxygens (including phenoxy) is 1. The van der Waals surface area contributed by atoms with Crippen molar-refractivity contribution >= 4 is 18.0 Å². The smallest absolute Gasteiger partial charge is 0.326 e. The van der Waals surface area contributed by atoms with E-state index in [1.165, 1.54) is 11.1 Å². The zero-order valence-corrected chi connectivity index (χ0v) is 27.2. The summed E-state index contributed by atoms with van der Waals surface area (Å²) in [6.45, 7) is 4.45. The van der Waals surface area contributed by atoms with Gasteiger partial charge >= 0.3 is 18.0 Å². The van der Waals surface area contributed by atoms with E-state index in [1.54, 1.807) is 4.90 Å². The number of carboxylic acid groups (broad SMARTS) is 1. The maximum atomic E-state index is 13.7. The van der Waals surface area contributed by atoms with Crippen molar-refractivity contribution < 1.29 is 24.2 Å². The molecule has 0 spiro atoms. The highest BCUT2D eigenvalue weighted by Gasteiger charge is 2.30. The fourth-order valence-electron chi connectivity index (χ4n) is 6.17. The molecule has 4 aromatic rings. The largest absolute Gasteiger partial charge is 0.480 e. The van der Waals surface area contributed by atoms with E-state index < -0.39 is 29.9 Å². The highest BCUT2D eigenvalue weighted by atomic mass is 16.5. The van der Waals surface area contributed by atoms with Crippen molar-refractivity contribution in [1.82, 2.24) is 10.2 Å². The fraction of sp³-hybridized carbons (Fsp3) is 0.325. The second-order valence-electron chi connectivity index (χ2n) is 12.8. The number of rotatable bonds is 14. The van der Waals surface area contributed by atoms with E-state index in [9.17, 15) is 19.5 Å². The number of carbonyl (C=O) groups is 3. The summed E-state index contributed by atoms with van der Waals surface area (Å²) in [4.78, 5) is 41.4. The van der Waals surface area contributed by atoms with Crippen molar-refractivity contribution in [1.29, 1.82) is 0 Å². The minimum atomic E-state index is -1.14. The Balaban J connectivity index is 1.30. The van der Waals surface area contributed by atoms with Gasteiger partial charge in [-0.2, -0.15) is 0 Å². The van der Waals surface area contributed by atoms with Crippen molar-refractivity contribution in [2.24, 2.45) is 11.8 Å². The summed E-state index contributed by atoms with van der Waals surface area (Å²) in [6, 6.07) is 31.8. The van der Waals surface area contributed by atoms with Gasteiger partial charge in [-0.1, -0.05) is 105 Å². The van der Waals surface area contributed by atoms with Gasteiger partial charge in [0.1, 0.15) is 11.8 Å². The molecule has 47 heavy (non-hydrogen) atoms. The molecule has 7 heteroatoms. The van der Waals surface area contributed by atoms with Gasteiger partial charge in [0, 0.05) is 19.5 Å². The molecular formula is C40H44N2O5. The first kappa shape index (κ1) is 33.5. The lowest BCUT2D eigenvalue weighted by Gasteiger charge is -2.30. The molecule has 1 aliphatic rings. The average Bonchev–Trinajstić information content (AvgIpc) is 3.55. The van der Waals surface area contributed by atoms with Gasteiger partial charge in [-0.15, -0.1) is 0 Å². The highest BCUT2D eigenvalue weighted by Crippen LogP contribution is 2.27. The highest BCUT2D eigenvalue weighted by molar-refractivity contribution is 5.83. The normalized spacial score (nSPS) is 13.4. The first-order valence-corrected chi connectivity index (χ1v) is 16.5.